The summed E-state index contributed by atoms with van der Waals surface area (Å²) in [5, 5.41) is 3.72. The number of nitrogens with one attached hydrogen (secondary N) is 1. The van der Waals surface area contributed by atoms with Gasteiger partial charge >= 0.3 is 0 Å². The smallest absolute Gasteiger partial charge is 0.261 e. The summed E-state index contributed by atoms with van der Waals surface area (Å²) in [4.78, 5) is 12.3. The molecule has 0 heterocycles. The fourth-order valence-electron chi connectivity index (χ4n) is 2.30. The first kappa shape index (κ1) is 20.5. The third kappa shape index (κ3) is 6.46. The fourth-order valence-corrected chi connectivity index (χ4v) is 3.44. The van der Waals surface area contributed by atoms with Crippen molar-refractivity contribution in [2.75, 3.05) is 19.4 Å². The lowest BCUT2D eigenvalue weighted by molar-refractivity contribution is -0.127. The van der Waals surface area contributed by atoms with E-state index in [9.17, 15) is 4.79 Å². The molecule has 2 aromatic carbocycles. The number of ether oxygens (including phenoxy) is 2. The van der Waals surface area contributed by atoms with Crippen LogP contribution in [0.25, 0.3) is 0 Å². The quantitative estimate of drug-likeness (QED) is 0.601. The summed E-state index contributed by atoms with van der Waals surface area (Å²) in [6, 6.07) is 15.0. The lowest BCUT2D eigenvalue weighted by atomic mass is 10.2. The Kier molecular flexibility index (Phi) is 8.65. The van der Waals surface area contributed by atoms with Crippen molar-refractivity contribution in [3.63, 3.8) is 0 Å². The van der Waals surface area contributed by atoms with Gasteiger partial charge in [0.25, 0.3) is 5.91 Å². The predicted molar refractivity (Wildman–Crippen MR) is 108 cm³/mol. The Morgan fingerprint density at radius 2 is 1.85 bits per heavy atom. The van der Waals surface area contributed by atoms with Gasteiger partial charge < -0.3 is 14.8 Å². The van der Waals surface area contributed by atoms with E-state index in [1.807, 2.05) is 43.3 Å². The molecule has 0 aromatic heterocycles. The number of benzene rings is 2. The van der Waals surface area contributed by atoms with Crippen molar-refractivity contribution in [3.8, 4) is 11.5 Å². The summed E-state index contributed by atoms with van der Waals surface area (Å²) in [7, 11) is 1.61. The van der Waals surface area contributed by atoms with E-state index in [-0.39, 0.29) is 5.91 Å². The molecule has 0 saturated carbocycles. The van der Waals surface area contributed by atoms with Crippen molar-refractivity contribution < 1.29 is 14.3 Å². The van der Waals surface area contributed by atoms with Crippen molar-refractivity contribution in [2.45, 2.75) is 25.2 Å². The van der Waals surface area contributed by atoms with Crippen LogP contribution < -0.4 is 14.8 Å². The Hall–Kier alpha value is -1.85. The van der Waals surface area contributed by atoms with E-state index in [4.69, 9.17) is 21.1 Å². The Morgan fingerprint density at radius 3 is 2.50 bits per heavy atom. The average molecular weight is 394 g/mol. The van der Waals surface area contributed by atoms with E-state index in [2.05, 4.69) is 5.32 Å². The van der Waals surface area contributed by atoms with E-state index in [0.29, 0.717) is 18.7 Å². The highest BCUT2D eigenvalue weighted by molar-refractivity contribution is 7.98. The van der Waals surface area contributed by atoms with Crippen molar-refractivity contribution in [1.29, 1.82) is 0 Å². The Balaban J connectivity index is 1.71. The van der Waals surface area contributed by atoms with Gasteiger partial charge in [0.05, 0.1) is 7.11 Å². The summed E-state index contributed by atoms with van der Waals surface area (Å²) in [5.41, 5.74) is 1.11. The zero-order valence-electron chi connectivity index (χ0n) is 15.0. The third-order valence-corrected chi connectivity index (χ3v) is 5.14. The van der Waals surface area contributed by atoms with Gasteiger partial charge in [-0.2, -0.15) is 11.8 Å². The van der Waals surface area contributed by atoms with Gasteiger partial charge in [-0.05, 0) is 42.3 Å². The molecule has 2 aromatic rings. The minimum atomic E-state index is -0.503. The summed E-state index contributed by atoms with van der Waals surface area (Å²) >= 11 is 7.87. The molecular formula is C20H24ClNO3S. The van der Waals surface area contributed by atoms with Crippen molar-refractivity contribution >= 4 is 29.3 Å². The average Bonchev–Trinajstić information content (AvgIpc) is 2.67. The molecule has 0 bridgehead atoms. The van der Waals surface area contributed by atoms with Crippen LogP contribution in [0.1, 0.15) is 18.9 Å². The van der Waals surface area contributed by atoms with E-state index >= 15 is 0 Å². The Morgan fingerprint density at radius 1 is 1.15 bits per heavy atom. The number of carbonyl (C=O) groups excluding carboxylic acids is 1. The SMILES string of the molecule is CC[C@@H](Oc1ccc(OC)cc1)C(=O)NCCSCc1ccccc1Cl. The van der Waals surface area contributed by atoms with Crippen LogP contribution >= 0.6 is 23.4 Å². The van der Waals surface area contributed by atoms with Gasteiger partial charge in [0.2, 0.25) is 0 Å². The molecule has 0 aliphatic heterocycles. The fraction of sp³-hybridized carbons (Fsp3) is 0.350. The molecule has 6 heteroatoms. The molecule has 0 aliphatic carbocycles. The van der Waals surface area contributed by atoms with Crippen LogP contribution in [0, 0.1) is 0 Å². The van der Waals surface area contributed by atoms with Crippen LogP contribution in [0.5, 0.6) is 11.5 Å². The first-order chi connectivity index (χ1) is 12.6. The maximum atomic E-state index is 12.3. The van der Waals surface area contributed by atoms with Crippen molar-refractivity contribution in [1.82, 2.24) is 5.32 Å². The van der Waals surface area contributed by atoms with E-state index in [1.54, 1.807) is 31.0 Å². The molecule has 140 valence electrons. The summed E-state index contributed by atoms with van der Waals surface area (Å²) < 4.78 is 10.9. The van der Waals surface area contributed by atoms with Gasteiger partial charge in [-0.25, -0.2) is 0 Å². The molecule has 26 heavy (non-hydrogen) atoms. The number of rotatable bonds is 10. The molecule has 0 fully saturated rings. The molecule has 0 saturated heterocycles. The van der Waals surface area contributed by atoms with Crippen LogP contribution in [-0.4, -0.2) is 31.4 Å². The summed E-state index contributed by atoms with van der Waals surface area (Å²) in [6.45, 7) is 2.52. The molecule has 1 atom stereocenters. The van der Waals surface area contributed by atoms with Crippen LogP contribution in [0.4, 0.5) is 0 Å². The zero-order valence-corrected chi connectivity index (χ0v) is 16.6. The van der Waals surface area contributed by atoms with Crippen LogP contribution in [0.15, 0.2) is 48.5 Å². The highest BCUT2D eigenvalue weighted by atomic mass is 35.5. The lowest BCUT2D eigenvalue weighted by Gasteiger charge is -2.17. The van der Waals surface area contributed by atoms with Crippen LogP contribution in [0.2, 0.25) is 5.02 Å². The number of carbonyl (C=O) groups is 1. The Labute approximate surface area is 164 Å². The third-order valence-electron chi connectivity index (χ3n) is 3.76. The minimum Gasteiger partial charge on any atom is -0.497 e. The molecule has 1 amide bonds. The molecule has 2 rings (SSSR count). The van der Waals surface area contributed by atoms with E-state index < -0.39 is 6.10 Å². The highest BCUT2D eigenvalue weighted by Crippen LogP contribution is 2.21. The number of halogens is 1. The standard InChI is InChI=1S/C20H24ClNO3S/c1-3-19(25-17-10-8-16(24-2)9-11-17)20(23)22-12-13-26-14-15-6-4-5-7-18(15)21/h4-11,19H,3,12-14H2,1-2H3,(H,22,23)/t19-/m1/s1. The number of hydrogen-bond acceptors (Lipinski definition) is 4. The second-order valence-corrected chi connectivity index (χ2v) is 7.14. The molecule has 4 nitrogen and oxygen atoms in total. The summed E-state index contributed by atoms with van der Waals surface area (Å²) in [6.07, 6.45) is 0.0990. The molecule has 0 spiro atoms. The topological polar surface area (TPSA) is 47.6 Å². The first-order valence-electron chi connectivity index (χ1n) is 8.53. The number of methoxy groups -OCH3 is 1. The van der Waals surface area contributed by atoms with Gasteiger partial charge in [0.1, 0.15) is 11.5 Å². The highest BCUT2D eigenvalue weighted by Gasteiger charge is 2.17. The normalized spacial score (nSPS) is 11.7. The summed E-state index contributed by atoms with van der Waals surface area (Å²) in [5.74, 6) is 2.96. The van der Waals surface area contributed by atoms with E-state index in [0.717, 1.165) is 27.8 Å². The van der Waals surface area contributed by atoms with E-state index in [1.165, 1.54) is 0 Å². The van der Waals surface area contributed by atoms with Gasteiger partial charge in [-0.3, -0.25) is 4.79 Å². The second kappa shape index (κ2) is 11.0. The monoisotopic (exact) mass is 393 g/mol. The lowest BCUT2D eigenvalue weighted by Crippen LogP contribution is -2.39. The Bertz CT molecular complexity index is 694. The largest absolute Gasteiger partial charge is 0.497 e. The maximum Gasteiger partial charge on any atom is 0.261 e. The van der Waals surface area contributed by atoms with Gasteiger partial charge in [0, 0.05) is 23.1 Å². The van der Waals surface area contributed by atoms with Crippen LogP contribution in [0.3, 0.4) is 0 Å². The molecule has 0 aliphatic rings. The maximum absolute atomic E-state index is 12.3. The predicted octanol–water partition coefficient (Wildman–Crippen LogP) is 4.56. The molecule has 0 radical (unpaired) electrons. The first-order valence-corrected chi connectivity index (χ1v) is 10.1. The van der Waals surface area contributed by atoms with Gasteiger partial charge in [-0.1, -0.05) is 36.7 Å². The molecule has 1 N–H and O–H groups in total. The van der Waals surface area contributed by atoms with Crippen molar-refractivity contribution in [3.05, 3.63) is 59.1 Å². The zero-order chi connectivity index (χ0) is 18.8. The number of amides is 1. The number of hydrogen-bond donors (Lipinski definition) is 1. The molecule has 0 unspecified atom stereocenters. The van der Waals surface area contributed by atoms with Gasteiger partial charge in [-0.15, -0.1) is 0 Å². The molecular weight excluding hydrogens is 370 g/mol. The van der Waals surface area contributed by atoms with Crippen molar-refractivity contribution in [2.24, 2.45) is 0 Å². The minimum absolute atomic E-state index is 0.0957. The number of thioether (sulfide) groups is 1. The van der Waals surface area contributed by atoms with Gasteiger partial charge in [0.15, 0.2) is 6.10 Å². The van der Waals surface area contributed by atoms with Crippen LogP contribution in [-0.2, 0) is 10.5 Å². The second-order valence-electron chi connectivity index (χ2n) is 5.63.